The van der Waals surface area contributed by atoms with Gasteiger partial charge in [-0.3, -0.25) is 0 Å². The smallest absolute Gasteiger partial charge is 0.252 e. The highest BCUT2D eigenvalue weighted by atomic mass is 15.2. The molecule has 15 aromatic carbocycles. The summed E-state index contributed by atoms with van der Waals surface area (Å²) < 4.78 is 0. The Bertz CT molecular complexity index is 5080. The minimum absolute atomic E-state index is 0.217. The third kappa shape index (κ3) is 8.84. The Labute approximate surface area is 529 Å². The van der Waals surface area contributed by atoms with Crippen molar-refractivity contribution in [1.82, 2.24) is 9.97 Å². The van der Waals surface area contributed by atoms with Crippen molar-refractivity contribution in [1.29, 1.82) is 0 Å². The van der Waals surface area contributed by atoms with Gasteiger partial charge in [0.2, 0.25) is 0 Å². The Hall–Kier alpha value is -11.9. The Balaban J connectivity index is 1.03. The lowest BCUT2D eigenvalue weighted by Crippen LogP contribution is -2.61. The first-order valence-corrected chi connectivity index (χ1v) is 31.3. The lowest BCUT2D eigenvalue weighted by atomic mass is 9.33. The molecule has 422 valence electrons. The maximum absolute atomic E-state index is 5.68. The molecule has 0 bridgehead atoms. The Morgan fingerprint density at radius 1 is 0.231 bits per heavy atom. The monoisotopic (exact) mass is 1150 g/mol. The molecule has 1 aromatic heterocycles. The van der Waals surface area contributed by atoms with Gasteiger partial charge in [0.1, 0.15) is 0 Å². The molecular formula is C86H55BN4. The first-order chi connectivity index (χ1) is 45.1. The average Bonchev–Trinajstić information content (AvgIpc) is 0.692. The molecule has 0 fully saturated rings. The van der Waals surface area contributed by atoms with Crippen LogP contribution in [0, 0.1) is 0 Å². The van der Waals surface area contributed by atoms with E-state index in [9.17, 15) is 0 Å². The second-order valence-corrected chi connectivity index (χ2v) is 24.0. The van der Waals surface area contributed by atoms with Gasteiger partial charge in [0.15, 0.2) is 5.82 Å². The van der Waals surface area contributed by atoms with Crippen molar-refractivity contribution in [2.24, 2.45) is 0 Å². The molecule has 0 saturated carbocycles. The number of nitrogens with zero attached hydrogens (tertiary/aromatic N) is 4. The predicted octanol–water partition coefficient (Wildman–Crippen LogP) is 20.8. The van der Waals surface area contributed by atoms with Crippen molar-refractivity contribution >= 4 is 100 Å². The minimum atomic E-state index is -0.217. The fourth-order valence-electron chi connectivity index (χ4n) is 14.6. The van der Waals surface area contributed by atoms with Gasteiger partial charge in [0, 0.05) is 61.6 Å². The molecule has 0 aliphatic carbocycles. The summed E-state index contributed by atoms with van der Waals surface area (Å²) in [6.07, 6.45) is 0. The van der Waals surface area contributed by atoms with E-state index in [-0.39, 0.29) is 6.71 Å². The SMILES string of the molecule is c1ccc(-c2cc(-c3ccccc3)cc(N3c4cc(-c5cc(-c6ccccc6)nc(-c6ccccc6)n5)cc5c4B(c4ccc6c(ccc7ccccc76)c43)c3ccc4c(ccc6ccccc64)c3N5c3cc(-c4ccccc4)cc(-c4ccccc4)c3)c2)cc1. The zero-order chi connectivity index (χ0) is 59.9. The van der Waals surface area contributed by atoms with E-state index < -0.39 is 0 Å². The molecule has 3 heterocycles. The fraction of sp³-hybridized carbons (Fsp3) is 0. The first-order valence-electron chi connectivity index (χ1n) is 31.3. The molecule has 4 nitrogen and oxygen atoms in total. The van der Waals surface area contributed by atoms with Gasteiger partial charge < -0.3 is 9.80 Å². The number of anilines is 6. The molecule has 5 heteroatoms. The van der Waals surface area contributed by atoms with Crippen molar-refractivity contribution < 1.29 is 0 Å². The van der Waals surface area contributed by atoms with Crippen LogP contribution in [0.4, 0.5) is 34.1 Å². The maximum Gasteiger partial charge on any atom is 0.252 e. The zero-order valence-electron chi connectivity index (χ0n) is 49.6. The van der Waals surface area contributed by atoms with Crippen molar-refractivity contribution in [2.45, 2.75) is 0 Å². The maximum atomic E-state index is 5.68. The van der Waals surface area contributed by atoms with Crippen LogP contribution in [-0.4, -0.2) is 16.7 Å². The molecule has 0 unspecified atom stereocenters. The van der Waals surface area contributed by atoms with E-state index in [0.29, 0.717) is 5.82 Å². The van der Waals surface area contributed by atoms with Crippen LogP contribution < -0.4 is 26.2 Å². The fourth-order valence-corrected chi connectivity index (χ4v) is 14.6. The van der Waals surface area contributed by atoms with E-state index in [1.54, 1.807) is 0 Å². The summed E-state index contributed by atoms with van der Waals surface area (Å²) in [5.74, 6) is 0.660. The molecule has 0 amide bonds. The molecule has 91 heavy (non-hydrogen) atoms. The topological polar surface area (TPSA) is 32.3 Å². The molecule has 0 radical (unpaired) electrons. The van der Waals surface area contributed by atoms with Crippen LogP contribution >= 0.6 is 0 Å². The van der Waals surface area contributed by atoms with E-state index in [0.717, 1.165) is 107 Å². The normalized spacial score (nSPS) is 12.3. The Kier molecular flexibility index (Phi) is 12.3. The molecule has 0 saturated heterocycles. The molecule has 18 rings (SSSR count). The third-order valence-corrected chi connectivity index (χ3v) is 18.7. The van der Waals surface area contributed by atoms with Gasteiger partial charge in [0.05, 0.1) is 11.4 Å². The highest BCUT2D eigenvalue weighted by molar-refractivity contribution is 7.01. The number of hydrogen-bond donors (Lipinski definition) is 0. The largest absolute Gasteiger partial charge is 0.311 e. The van der Waals surface area contributed by atoms with Crippen molar-refractivity contribution in [3.8, 4) is 78.4 Å². The number of benzene rings is 15. The van der Waals surface area contributed by atoms with E-state index in [1.807, 2.05) is 0 Å². The summed E-state index contributed by atoms with van der Waals surface area (Å²) in [7, 11) is 0. The van der Waals surface area contributed by atoms with Crippen LogP contribution in [0.25, 0.3) is 122 Å². The van der Waals surface area contributed by atoms with Gasteiger partial charge in [-0.1, -0.05) is 279 Å². The molecular weight excluding hydrogens is 1100 g/mol. The summed E-state index contributed by atoms with van der Waals surface area (Å²) in [4.78, 5) is 16.3. The zero-order valence-corrected chi connectivity index (χ0v) is 49.6. The van der Waals surface area contributed by atoms with Gasteiger partial charge in [-0.05, 0) is 148 Å². The highest BCUT2D eigenvalue weighted by Crippen LogP contribution is 2.52. The van der Waals surface area contributed by atoms with Crippen LogP contribution in [0.5, 0.6) is 0 Å². The number of fused-ring (bicyclic) bond motifs is 12. The molecule has 2 aliphatic heterocycles. The minimum Gasteiger partial charge on any atom is -0.311 e. The van der Waals surface area contributed by atoms with Gasteiger partial charge in [-0.2, -0.15) is 0 Å². The lowest BCUT2D eigenvalue weighted by molar-refractivity contribution is 1.18. The van der Waals surface area contributed by atoms with Gasteiger partial charge in [0.25, 0.3) is 6.71 Å². The van der Waals surface area contributed by atoms with Gasteiger partial charge in [-0.15, -0.1) is 0 Å². The van der Waals surface area contributed by atoms with Crippen molar-refractivity contribution in [2.75, 3.05) is 9.80 Å². The predicted molar refractivity (Wildman–Crippen MR) is 384 cm³/mol. The van der Waals surface area contributed by atoms with Crippen LogP contribution in [0.3, 0.4) is 0 Å². The summed E-state index contributed by atoms with van der Waals surface area (Å²) in [5.41, 5.74) is 23.9. The Morgan fingerprint density at radius 3 is 0.978 bits per heavy atom. The molecule has 0 atom stereocenters. The molecule has 2 aliphatic rings. The van der Waals surface area contributed by atoms with Crippen molar-refractivity contribution in [3.63, 3.8) is 0 Å². The van der Waals surface area contributed by atoms with Crippen LogP contribution in [0.1, 0.15) is 0 Å². The molecule has 16 aromatic rings. The van der Waals surface area contributed by atoms with E-state index in [2.05, 4.69) is 343 Å². The van der Waals surface area contributed by atoms with Crippen LogP contribution in [-0.2, 0) is 0 Å². The molecule has 0 spiro atoms. The number of hydrogen-bond acceptors (Lipinski definition) is 4. The Morgan fingerprint density at radius 2 is 0.571 bits per heavy atom. The summed E-state index contributed by atoms with van der Waals surface area (Å²) in [6.45, 7) is -0.217. The van der Waals surface area contributed by atoms with Gasteiger partial charge >= 0.3 is 0 Å². The van der Waals surface area contributed by atoms with Crippen LogP contribution in [0.2, 0.25) is 0 Å². The summed E-state index contributed by atoms with van der Waals surface area (Å²) in [6, 6.07) is 123. The number of rotatable bonds is 9. The van der Waals surface area contributed by atoms with Crippen molar-refractivity contribution in [3.05, 3.63) is 334 Å². The average molecular weight is 1160 g/mol. The second-order valence-electron chi connectivity index (χ2n) is 24.0. The number of aromatic nitrogens is 2. The van der Waals surface area contributed by atoms with E-state index in [4.69, 9.17) is 9.97 Å². The summed E-state index contributed by atoms with van der Waals surface area (Å²) in [5, 5.41) is 9.61. The first kappa shape index (κ1) is 52.2. The standard InChI is InChI=1S/C86H55BN4/c1-7-23-56(24-8-1)64-47-65(57-25-9-2-10-26-57)50-69(49-64)90-81-53-68(80-55-79(62-33-15-5-16-34-62)88-86(89-80)63-35-17-6-18-36-63)54-82-83(81)87(77-45-43-73-71-37-21-19-31-60(71)39-41-75(73)84(77)90)78-46-44-74-72-38-22-20-32-61(72)40-42-76(74)85(78)91(82)70-51-66(58-27-11-3-12-28-58)48-67(52-70)59-29-13-4-14-30-59/h1-55H. The lowest BCUT2D eigenvalue weighted by Gasteiger charge is -2.45. The second kappa shape index (κ2) is 21.4. The van der Waals surface area contributed by atoms with Gasteiger partial charge in [-0.25, -0.2) is 9.97 Å². The highest BCUT2D eigenvalue weighted by Gasteiger charge is 2.45. The molecule has 0 N–H and O–H groups in total. The quantitative estimate of drug-likeness (QED) is 0.106. The van der Waals surface area contributed by atoms with E-state index >= 15 is 0 Å². The third-order valence-electron chi connectivity index (χ3n) is 18.7. The van der Waals surface area contributed by atoms with Crippen LogP contribution in [0.15, 0.2) is 334 Å². The van der Waals surface area contributed by atoms with E-state index in [1.165, 1.54) is 59.5 Å². The summed E-state index contributed by atoms with van der Waals surface area (Å²) >= 11 is 0.